The molecule has 0 unspecified atom stereocenters. The highest BCUT2D eigenvalue weighted by Gasteiger charge is 2.15. The quantitative estimate of drug-likeness (QED) is 0.555. The molecular formula is C17H31NOSi. The lowest BCUT2D eigenvalue weighted by atomic mass is 10.2. The third-order valence-electron chi connectivity index (χ3n) is 3.35. The summed E-state index contributed by atoms with van der Waals surface area (Å²) in [6.07, 6.45) is 2.67. The van der Waals surface area contributed by atoms with Gasteiger partial charge in [-0.1, -0.05) is 49.1 Å². The van der Waals surface area contributed by atoms with Crippen molar-refractivity contribution in [2.45, 2.75) is 59.0 Å². The van der Waals surface area contributed by atoms with Gasteiger partial charge in [0.2, 0.25) is 0 Å². The standard InChI is InChI=1S/C17H31NOSi/c1-15(2)19-13-7-6-12-18-14-16-8-10-17(11-9-16)20(3,4)5/h8-11,15,18H,6-7,12-14H2,1-5H3. The zero-order chi connectivity index (χ0) is 15.0. The Kier molecular flexibility index (Phi) is 7.49. The second kappa shape index (κ2) is 8.60. The SMILES string of the molecule is CC(C)OCCCCNCc1ccc([Si](C)(C)C)cc1. The molecule has 0 atom stereocenters. The fourth-order valence-corrected chi connectivity index (χ4v) is 3.19. The maximum Gasteiger partial charge on any atom is 0.0775 e. The molecule has 0 aliphatic rings. The molecule has 0 amide bonds. The summed E-state index contributed by atoms with van der Waals surface area (Å²) in [4.78, 5) is 0. The van der Waals surface area contributed by atoms with Gasteiger partial charge in [0.15, 0.2) is 0 Å². The van der Waals surface area contributed by atoms with Crippen LogP contribution in [0.2, 0.25) is 19.6 Å². The minimum atomic E-state index is -1.15. The van der Waals surface area contributed by atoms with Crippen LogP contribution in [-0.4, -0.2) is 27.3 Å². The Bertz CT molecular complexity index is 368. The average Bonchev–Trinajstić information content (AvgIpc) is 2.37. The first-order chi connectivity index (χ1) is 9.39. The van der Waals surface area contributed by atoms with Crippen LogP contribution in [0.15, 0.2) is 24.3 Å². The number of hydrogen-bond acceptors (Lipinski definition) is 2. The Morgan fingerprint density at radius 2 is 1.70 bits per heavy atom. The summed E-state index contributed by atoms with van der Waals surface area (Å²) in [5.41, 5.74) is 1.38. The van der Waals surface area contributed by atoms with E-state index in [9.17, 15) is 0 Å². The van der Waals surface area contributed by atoms with Crippen LogP contribution in [0, 0.1) is 0 Å². The third kappa shape index (κ3) is 7.22. The van der Waals surface area contributed by atoms with Gasteiger partial charge in [-0.05, 0) is 38.8 Å². The van der Waals surface area contributed by atoms with E-state index in [1.54, 1.807) is 0 Å². The molecule has 3 heteroatoms. The van der Waals surface area contributed by atoms with E-state index in [1.165, 1.54) is 17.2 Å². The van der Waals surface area contributed by atoms with Crippen LogP contribution in [0.3, 0.4) is 0 Å². The number of ether oxygens (including phenoxy) is 1. The molecule has 1 N–H and O–H groups in total. The van der Waals surface area contributed by atoms with Crippen molar-refractivity contribution in [3.8, 4) is 0 Å². The average molecular weight is 294 g/mol. The van der Waals surface area contributed by atoms with Crippen LogP contribution >= 0.6 is 0 Å². The van der Waals surface area contributed by atoms with E-state index in [0.717, 1.165) is 26.1 Å². The Morgan fingerprint density at radius 3 is 2.25 bits per heavy atom. The Morgan fingerprint density at radius 1 is 1.05 bits per heavy atom. The predicted octanol–water partition coefficient (Wildman–Crippen LogP) is 3.53. The molecule has 0 aromatic heterocycles. The monoisotopic (exact) mass is 293 g/mol. The zero-order valence-electron chi connectivity index (χ0n) is 13.8. The molecule has 2 nitrogen and oxygen atoms in total. The van der Waals surface area contributed by atoms with Gasteiger partial charge >= 0.3 is 0 Å². The van der Waals surface area contributed by atoms with Gasteiger partial charge in [0.25, 0.3) is 0 Å². The number of unbranched alkanes of at least 4 members (excludes halogenated alkanes) is 1. The summed E-state index contributed by atoms with van der Waals surface area (Å²) in [7, 11) is -1.15. The summed E-state index contributed by atoms with van der Waals surface area (Å²) >= 11 is 0. The van der Waals surface area contributed by atoms with Crippen molar-refractivity contribution in [3.05, 3.63) is 29.8 Å². The van der Waals surface area contributed by atoms with Crippen molar-refractivity contribution in [1.82, 2.24) is 5.32 Å². The van der Waals surface area contributed by atoms with Gasteiger partial charge in [0.05, 0.1) is 14.2 Å². The molecule has 1 aromatic rings. The second-order valence-corrected chi connectivity index (χ2v) is 11.8. The van der Waals surface area contributed by atoms with E-state index in [2.05, 4.69) is 63.1 Å². The molecular weight excluding hydrogens is 262 g/mol. The Balaban J connectivity index is 2.16. The number of rotatable bonds is 9. The van der Waals surface area contributed by atoms with Gasteiger partial charge in [0.1, 0.15) is 0 Å². The van der Waals surface area contributed by atoms with E-state index >= 15 is 0 Å². The van der Waals surface area contributed by atoms with Crippen LogP contribution in [0.4, 0.5) is 0 Å². The molecule has 0 fully saturated rings. The molecule has 1 rings (SSSR count). The number of hydrogen-bond donors (Lipinski definition) is 1. The summed E-state index contributed by atoms with van der Waals surface area (Å²) in [6, 6.07) is 9.14. The highest BCUT2D eigenvalue weighted by Crippen LogP contribution is 2.04. The molecule has 0 saturated carbocycles. The summed E-state index contributed by atoms with van der Waals surface area (Å²) in [5, 5.41) is 5.04. The van der Waals surface area contributed by atoms with Crippen LogP contribution in [0.25, 0.3) is 0 Å². The van der Waals surface area contributed by atoms with Crippen molar-refractivity contribution in [2.24, 2.45) is 0 Å². The fourth-order valence-electron chi connectivity index (χ4n) is 2.03. The normalized spacial score (nSPS) is 12.1. The van der Waals surface area contributed by atoms with Gasteiger partial charge in [-0.3, -0.25) is 0 Å². The smallest absolute Gasteiger partial charge is 0.0775 e. The predicted molar refractivity (Wildman–Crippen MR) is 91.5 cm³/mol. The summed E-state index contributed by atoms with van der Waals surface area (Å²) in [6.45, 7) is 14.3. The van der Waals surface area contributed by atoms with E-state index in [0.29, 0.717) is 6.10 Å². The van der Waals surface area contributed by atoms with Crippen molar-refractivity contribution in [2.75, 3.05) is 13.2 Å². The van der Waals surface area contributed by atoms with Gasteiger partial charge in [-0.15, -0.1) is 0 Å². The largest absolute Gasteiger partial charge is 0.379 e. The lowest BCUT2D eigenvalue weighted by Crippen LogP contribution is -2.37. The lowest BCUT2D eigenvalue weighted by Gasteiger charge is -2.16. The summed E-state index contributed by atoms with van der Waals surface area (Å²) < 4.78 is 5.53. The highest BCUT2D eigenvalue weighted by molar-refractivity contribution is 6.88. The van der Waals surface area contributed by atoms with Crippen LogP contribution in [-0.2, 0) is 11.3 Å². The Hall–Kier alpha value is -0.643. The first-order valence-electron chi connectivity index (χ1n) is 7.81. The van der Waals surface area contributed by atoms with Crippen molar-refractivity contribution >= 4 is 13.3 Å². The molecule has 20 heavy (non-hydrogen) atoms. The highest BCUT2D eigenvalue weighted by atomic mass is 28.3. The van der Waals surface area contributed by atoms with E-state index in [4.69, 9.17) is 4.74 Å². The molecule has 0 aliphatic heterocycles. The maximum atomic E-state index is 5.53. The lowest BCUT2D eigenvalue weighted by molar-refractivity contribution is 0.0760. The fraction of sp³-hybridized carbons (Fsp3) is 0.647. The second-order valence-electron chi connectivity index (χ2n) is 6.75. The molecule has 0 radical (unpaired) electrons. The number of benzene rings is 1. The molecule has 114 valence electrons. The summed E-state index contributed by atoms with van der Waals surface area (Å²) in [5.74, 6) is 0. The first-order valence-corrected chi connectivity index (χ1v) is 11.3. The van der Waals surface area contributed by atoms with Crippen LogP contribution in [0.1, 0.15) is 32.3 Å². The van der Waals surface area contributed by atoms with E-state index in [-0.39, 0.29) is 0 Å². The molecule has 1 aromatic carbocycles. The maximum absolute atomic E-state index is 5.53. The molecule has 0 aliphatic carbocycles. The van der Waals surface area contributed by atoms with Crippen LogP contribution < -0.4 is 10.5 Å². The van der Waals surface area contributed by atoms with Gasteiger partial charge in [-0.25, -0.2) is 0 Å². The van der Waals surface area contributed by atoms with E-state index in [1.807, 2.05) is 0 Å². The zero-order valence-corrected chi connectivity index (χ0v) is 14.8. The van der Waals surface area contributed by atoms with Gasteiger partial charge in [-0.2, -0.15) is 0 Å². The molecule has 0 spiro atoms. The Labute approximate surface area is 125 Å². The van der Waals surface area contributed by atoms with Crippen LogP contribution in [0.5, 0.6) is 0 Å². The first kappa shape index (κ1) is 17.4. The van der Waals surface area contributed by atoms with Gasteiger partial charge in [0, 0.05) is 13.2 Å². The van der Waals surface area contributed by atoms with Crippen molar-refractivity contribution < 1.29 is 4.74 Å². The molecule has 0 saturated heterocycles. The van der Waals surface area contributed by atoms with Gasteiger partial charge < -0.3 is 10.1 Å². The van der Waals surface area contributed by atoms with Crippen molar-refractivity contribution in [3.63, 3.8) is 0 Å². The molecule has 0 heterocycles. The topological polar surface area (TPSA) is 21.3 Å². The minimum Gasteiger partial charge on any atom is -0.379 e. The minimum absolute atomic E-state index is 0.354. The molecule has 0 bridgehead atoms. The number of nitrogens with one attached hydrogen (secondary N) is 1. The van der Waals surface area contributed by atoms with E-state index < -0.39 is 8.07 Å². The third-order valence-corrected chi connectivity index (χ3v) is 5.41. The van der Waals surface area contributed by atoms with Crippen molar-refractivity contribution in [1.29, 1.82) is 0 Å².